The normalized spacial score (nSPS) is 16.5. The average molecular weight is 426 g/mol. The molecule has 1 heterocycles. The molecule has 5 amide bonds. The van der Waals surface area contributed by atoms with Gasteiger partial charge in [0.25, 0.3) is 5.91 Å². The third-order valence-electron chi connectivity index (χ3n) is 4.23. The quantitative estimate of drug-likeness (QED) is 0.104. The van der Waals surface area contributed by atoms with Gasteiger partial charge in [-0.3, -0.25) is 30.0 Å². The number of primary amides is 1. The van der Waals surface area contributed by atoms with Gasteiger partial charge in [-0.2, -0.15) is 0 Å². The number of nitrogens with one attached hydrogen (secondary N) is 3. The molecule has 0 aromatic carbocycles. The van der Waals surface area contributed by atoms with Gasteiger partial charge in [0.15, 0.2) is 5.96 Å². The smallest absolute Gasteiger partial charge is 0.318 e. The number of carbonyl (C=O) groups is 4. The van der Waals surface area contributed by atoms with Crippen LogP contribution in [0.4, 0.5) is 4.79 Å². The summed E-state index contributed by atoms with van der Waals surface area (Å²) in [5, 5.41) is 7.31. The van der Waals surface area contributed by atoms with Crippen LogP contribution >= 0.6 is 0 Å². The van der Waals surface area contributed by atoms with Crippen molar-refractivity contribution in [2.24, 2.45) is 32.9 Å². The lowest BCUT2D eigenvalue weighted by Crippen LogP contribution is -2.58. The molecule has 0 bridgehead atoms. The van der Waals surface area contributed by atoms with Crippen LogP contribution in [0.1, 0.15) is 25.7 Å². The second kappa shape index (κ2) is 12.2. The van der Waals surface area contributed by atoms with Crippen molar-refractivity contribution in [1.82, 2.24) is 20.9 Å². The molecular weight excluding hydrogens is 396 g/mol. The van der Waals surface area contributed by atoms with Gasteiger partial charge < -0.3 is 33.2 Å². The van der Waals surface area contributed by atoms with E-state index in [1.165, 1.54) is 11.9 Å². The SMILES string of the molecule is CN(C(=O)CC(CCCN=C(N)N)NC(=O)CCN)C1CN=C(NC(N)=O)NC1=O. The predicted octanol–water partition coefficient (Wildman–Crippen LogP) is -3.76. The number of aliphatic imine (C=N–C) groups is 2. The number of hydrogen-bond donors (Lipinski definition) is 7. The minimum Gasteiger partial charge on any atom is -0.370 e. The molecule has 0 saturated carbocycles. The first kappa shape index (κ1) is 24.6. The van der Waals surface area contributed by atoms with E-state index in [1.54, 1.807) is 0 Å². The average Bonchev–Trinajstić information content (AvgIpc) is 2.64. The van der Waals surface area contributed by atoms with Gasteiger partial charge in [-0.25, -0.2) is 9.79 Å². The van der Waals surface area contributed by atoms with E-state index in [0.29, 0.717) is 19.4 Å². The van der Waals surface area contributed by atoms with E-state index < -0.39 is 24.0 Å². The number of nitrogens with zero attached hydrogens (tertiary/aromatic N) is 3. The van der Waals surface area contributed by atoms with E-state index in [2.05, 4.69) is 25.9 Å². The summed E-state index contributed by atoms with van der Waals surface area (Å²) >= 11 is 0. The first-order valence-corrected chi connectivity index (χ1v) is 9.36. The fraction of sp³-hybridized carbons (Fsp3) is 0.625. The number of rotatable bonds is 10. The largest absolute Gasteiger partial charge is 0.370 e. The lowest BCUT2D eigenvalue weighted by atomic mass is 10.1. The van der Waals surface area contributed by atoms with Crippen molar-refractivity contribution in [2.75, 3.05) is 26.7 Å². The molecule has 0 saturated heterocycles. The third-order valence-corrected chi connectivity index (χ3v) is 4.23. The van der Waals surface area contributed by atoms with E-state index in [9.17, 15) is 19.2 Å². The minimum atomic E-state index is -0.867. The van der Waals surface area contributed by atoms with Crippen molar-refractivity contribution >= 4 is 35.7 Å². The Bertz CT molecular complexity index is 704. The zero-order chi connectivity index (χ0) is 22.7. The second-order valence-electron chi connectivity index (χ2n) is 6.64. The van der Waals surface area contributed by atoms with Gasteiger partial charge in [-0.15, -0.1) is 0 Å². The molecule has 14 heteroatoms. The molecule has 0 aliphatic carbocycles. The van der Waals surface area contributed by atoms with Gasteiger partial charge in [-0.05, 0) is 12.8 Å². The summed E-state index contributed by atoms with van der Waals surface area (Å²) < 4.78 is 0. The van der Waals surface area contributed by atoms with Gasteiger partial charge in [-0.1, -0.05) is 0 Å². The van der Waals surface area contributed by atoms with Crippen LogP contribution in [0.15, 0.2) is 9.98 Å². The second-order valence-corrected chi connectivity index (χ2v) is 6.64. The summed E-state index contributed by atoms with van der Waals surface area (Å²) in [7, 11) is 1.47. The van der Waals surface area contributed by atoms with E-state index in [1.807, 2.05) is 0 Å². The zero-order valence-electron chi connectivity index (χ0n) is 16.9. The monoisotopic (exact) mass is 426 g/mol. The van der Waals surface area contributed by atoms with Crippen molar-refractivity contribution in [3.63, 3.8) is 0 Å². The Morgan fingerprint density at radius 3 is 2.60 bits per heavy atom. The summed E-state index contributed by atoms with van der Waals surface area (Å²) in [4.78, 5) is 56.8. The standard InChI is InChI=1S/C16H30N10O4/c1-26(10-8-22-16(24-13(10)29)25-15(20)30)12(28)7-9(23-11(27)4-5-17)3-2-6-21-14(18)19/h9-10H,2-8,17H2,1H3,(H,23,27)(H4,18,19,21)(H4,20,22,24,25,29,30). The molecule has 1 aliphatic heterocycles. The van der Waals surface area contributed by atoms with Gasteiger partial charge in [0.05, 0.1) is 6.54 Å². The molecule has 0 fully saturated rings. The maximum Gasteiger partial charge on any atom is 0.318 e. The van der Waals surface area contributed by atoms with Crippen molar-refractivity contribution in [2.45, 2.75) is 37.8 Å². The first-order valence-electron chi connectivity index (χ1n) is 9.36. The highest BCUT2D eigenvalue weighted by atomic mass is 16.2. The Labute approximate surface area is 173 Å². The maximum absolute atomic E-state index is 12.7. The lowest BCUT2D eigenvalue weighted by Gasteiger charge is -2.30. The molecule has 0 radical (unpaired) electrons. The summed E-state index contributed by atoms with van der Waals surface area (Å²) in [6.45, 7) is 0.492. The van der Waals surface area contributed by atoms with Gasteiger partial charge >= 0.3 is 6.03 Å². The van der Waals surface area contributed by atoms with Gasteiger partial charge in [0, 0.05) is 39.0 Å². The fourth-order valence-electron chi connectivity index (χ4n) is 2.72. The molecule has 1 rings (SSSR count). The van der Waals surface area contributed by atoms with Gasteiger partial charge in [0.1, 0.15) is 6.04 Å². The molecule has 168 valence electrons. The van der Waals surface area contributed by atoms with Crippen molar-refractivity contribution < 1.29 is 19.2 Å². The molecule has 0 spiro atoms. The summed E-state index contributed by atoms with van der Waals surface area (Å²) in [5.41, 5.74) is 20.9. The highest BCUT2D eigenvalue weighted by Gasteiger charge is 2.31. The number of nitrogens with two attached hydrogens (primary N) is 4. The number of likely N-dealkylation sites (N-methyl/N-ethyl adjacent to an activating group) is 1. The van der Waals surface area contributed by atoms with Crippen LogP contribution < -0.4 is 38.9 Å². The zero-order valence-corrected chi connectivity index (χ0v) is 16.9. The molecule has 0 aromatic rings. The Hall–Kier alpha value is -3.42. The van der Waals surface area contributed by atoms with Crippen LogP contribution in [0.3, 0.4) is 0 Å². The van der Waals surface area contributed by atoms with Crippen LogP contribution in [0.25, 0.3) is 0 Å². The summed E-state index contributed by atoms with van der Waals surface area (Å²) in [5.74, 6) is -1.26. The predicted molar refractivity (Wildman–Crippen MR) is 110 cm³/mol. The van der Waals surface area contributed by atoms with Crippen LogP contribution in [0.2, 0.25) is 0 Å². The van der Waals surface area contributed by atoms with E-state index >= 15 is 0 Å². The van der Waals surface area contributed by atoms with Crippen LogP contribution in [-0.2, 0) is 14.4 Å². The Kier molecular flexibility index (Phi) is 10.0. The first-order chi connectivity index (χ1) is 14.1. The lowest BCUT2D eigenvalue weighted by molar-refractivity contribution is -0.139. The van der Waals surface area contributed by atoms with E-state index in [0.717, 1.165) is 0 Å². The van der Waals surface area contributed by atoms with Crippen LogP contribution in [0.5, 0.6) is 0 Å². The summed E-state index contributed by atoms with van der Waals surface area (Å²) in [6, 6.07) is -2.21. The van der Waals surface area contributed by atoms with Crippen molar-refractivity contribution in [3.05, 3.63) is 0 Å². The molecule has 2 atom stereocenters. The number of guanidine groups is 2. The number of urea groups is 1. The molecule has 2 unspecified atom stereocenters. The van der Waals surface area contributed by atoms with Crippen LogP contribution in [0, 0.1) is 0 Å². The minimum absolute atomic E-state index is 0.0332. The van der Waals surface area contributed by atoms with E-state index in [4.69, 9.17) is 22.9 Å². The molecule has 0 aromatic heterocycles. The van der Waals surface area contributed by atoms with E-state index in [-0.39, 0.29) is 49.7 Å². The van der Waals surface area contributed by atoms with Crippen LogP contribution in [-0.4, -0.2) is 79.3 Å². The maximum atomic E-state index is 12.7. The fourth-order valence-corrected chi connectivity index (χ4v) is 2.72. The molecule has 11 N–H and O–H groups in total. The Morgan fingerprint density at radius 2 is 2.03 bits per heavy atom. The number of carbonyl (C=O) groups excluding carboxylic acids is 4. The Morgan fingerprint density at radius 1 is 1.33 bits per heavy atom. The topological polar surface area (TPSA) is 236 Å². The highest BCUT2D eigenvalue weighted by molar-refractivity contribution is 6.07. The van der Waals surface area contributed by atoms with Crippen molar-refractivity contribution in [1.29, 1.82) is 0 Å². The Balaban J connectivity index is 2.72. The highest BCUT2D eigenvalue weighted by Crippen LogP contribution is 2.10. The molecular formula is C16H30N10O4. The molecule has 30 heavy (non-hydrogen) atoms. The van der Waals surface area contributed by atoms with Gasteiger partial charge in [0.2, 0.25) is 17.8 Å². The number of hydrogen-bond acceptors (Lipinski definition) is 7. The summed E-state index contributed by atoms with van der Waals surface area (Å²) in [6.07, 6.45) is 1.09. The van der Waals surface area contributed by atoms with Crippen molar-refractivity contribution in [3.8, 4) is 0 Å². The molecule has 1 aliphatic rings. The third kappa shape index (κ3) is 8.72. The molecule has 14 nitrogen and oxygen atoms in total. The number of amides is 5.